The van der Waals surface area contributed by atoms with E-state index in [2.05, 4.69) is 9.97 Å². The summed E-state index contributed by atoms with van der Waals surface area (Å²) in [6.45, 7) is 0.250. The molecule has 0 saturated heterocycles. The zero-order valence-electron chi connectivity index (χ0n) is 14.8. The first-order valence-electron chi connectivity index (χ1n) is 8.70. The van der Waals surface area contributed by atoms with Crippen molar-refractivity contribution in [3.8, 4) is 0 Å². The van der Waals surface area contributed by atoms with Crippen molar-refractivity contribution in [2.75, 3.05) is 4.90 Å². The van der Waals surface area contributed by atoms with Gasteiger partial charge in [0.15, 0.2) is 5.13 Å². The van der Waals surface area contributed by atoms with Gasteiger partial charge in [0.1, 0.15) is 11.3 Å². The predicted molar refractivity (Wildman–Crippen MR) is 110 cm³/mol. The standard InChI is InChI=1S/C22H16FN3OS/c23-18-10-6-11-19-21(18)25-22(28-19)26(15-17-9-4-5-14-24-17)20(27)13-12-16-7-2-1-3-8-16/h1-14H,15H2/b13-12+. The Morgan fingerprint density at radius 2 is 1.86 bits per heavy atom. The number of nitrogens with zero attached hydrogens (tertiary/aromatic N) is 3. The third-order valence-corrected chi connectivity index (χ3v) is 5.16. The van der Waals surface area contributed by atoms with Crippen LogP contribution in [0.25, 0.3) is 16.3 Å². The molecule has 2 aromatic carbocycles. The number of aromatic nitrogens is 2. The molecule has 4 rings (SSSR count). The number of thiazole rings is 1. The minimum absolute atomic E-state index is 0.242. The monoisotopic (exact) mass is 389 g/mol. The normalized spacial score (nSPS) is 11.2. The third kappa shape index (κ3) is 3.97. The summed E-state index contributed by atoms with van der Waals surface area (Å²) in [5, 5.41) is 0.438. The first-order valence-corrected chi connectivity index (χ1v) is 9.52. The molecule has 0 aliphatic heterocycles. The lowest BCUT2D eigenvalue weighted by atomic mass is 10.2. The topological polar surface area (TPSA) is 46.1 Å². The molecule has 4 aromatic rings. The van der Waals surface area contributed by atoms with Gasteiger partial charge >= 0.3 is 0 Å². The van der Waals surface area contributed by atoms with Gasteiger partial charge in [0.05, 0.1) is 16.9 Å². The highest BCUT2D eigenvalue weighted by Crippen LogP contribution is 2.31. The van der Waals surface area contributed by atoms with E-state index in [1.54, 1.807) is 24.4 Å². The fraction of sp³-hybridized carbons (Fsp3) is 0.0455. The Kier molecular flexibility index (Phi) is 5.21. The van der Waals surface area contributed by atoms with E-state index < -0.39 is 5.82 Å². The lowest BCUT2D eigenvalue weighted by Gasteiger charge is -2.17. The van der Waals surface area contributed by atoms with Gasteiger partial charge in [0, 0.05) is 12.3 Å². The highest BCUT2D eigenvalue weighted by atomic mass is 32.1. The second-order valence-corrected chi connectivity index (χ2v) is 7.08. The predicted octanol–water partition coefficient (Wildman–Crippen LogP) is 5.08. The van der Waals surface area contributed by atoms with Gasteiger partial charge in [0.2, 0.25) is 0 Å². The van der Waals surface area contributed by atoms with Crippen LogP contribution in [0.5, 0.6) is 0 Å². The zero-order valence-corrected chi connectivity index (χ0v) is 15.6. The first-order chi connectivity index (χ1) is 13.7. The van der Waals surface area contributed by atoms with E-state index in [0.29, 0.717) is 9.83 Å². The lowest BCUT2D eigenvalue weighted by Crippen LogP contribution is -2.29. The van der Waals surface area contributed by atoms with Crippen molar-refractivity contribution in [1.82, 2.24) is 9.97 Å². The lowest BCUT2D eigenvalue weighted by molar-refractivity contribution is -0.114. The molecule has 6 heteroatoms. The summed E-state index contributed by atoms with van der Waals surface area (Å²) >= 11 is 1.28. The molecule has 2 heterocycles. The number of hydrogen-bond acceptors (Lipinski definition) is 4. The average molecular weight is 389 g/mol. The molecule has 4 nitrogen and oxygen atoms in total. The second-order valence-electron chi connectivity index (χ2n) is 6.07. The van der Waals surface area contributed by atoms with Crippen LogP contribution in [0.4, 0.5) is 9.52 Å². The fourth-order valence-electron chi connectivity index (χ4n) is 2.73. The Hall–Kier alpha value is -3.38. The summed E-state index contributed by atoms with van der Waals surface area (Å²) in [5.74, 6) is -0.640. The fourth-order valence-corrected chi connectivity index (χ4v) is 3.72. The van der Waals surface area contributed by atoms with Crippen molar-refractivity contribution < 1.29 is 9.18 Å². The smallest absolute Gasteiger partial charge is 0.253 e. The van der Waals surface area contributed by atoms with E-state index in [1.807, 2.05) is 48.5 Å². The van der Waals surface area contributed by atoms with Crippen LogP contribution in [-0.2, 0) is 11.3 Å². The van der Waals surface area contributed by atoms with Crippen molar-refractivity contribution in [2.24, 2.45) is 0 Å². The van der Waals surface area contributed by atoms with Crippen molar-refractivity contribution in [3.63, 3.8) is 0 Å². The molecule has 0 bridgehead atoms. The van der Waals surface area contributed by atoms with Crippen LogP contribution in [0, 0.1) is 5.82 Å². The molecule has 1 amide bonds. The molecule has 28 heavy (non-hydrogen) atoms. The number of amides is 1. The molecular weight excluding hydrogens is 373 g/mol. The second kappa shape index (κ2) is 8.10. The summed E-state index contributed by atoms with van der Waals surface area (Å²) in [6.07, 6.45) is 4.93. The first kappa shape index (κ1) is 18.0. The van der Waals surface area contributed by atoms with Crippen LogP contribution in [-0.4, -0.2) is 15.9 Å². The Balaban J connectivity index is 1.69. The minimum atomic E-state index is -0.398. The quantitative estimate of drug-likeness (QED) is 0.447. The van der Waals surface area contributed by atoms with Crippen LogP contribution < -0.4 is 4.90 Å². The SMILES string of the molecule is O=C(/C=C/c1ccccc1)N(Cc1ccccn1)c1nc2c(F)cccc2s1. The summed E-state index contributed by atoms with van der Waals surface area (Å²) in [6, 6.07) is 19.9. The summed E-state index contributed by atoms with van der Waals surface area (Å²) in [4.78, 5) is 23.2. The van der Waals surface area contributed by atoms with E-state index >= 15 is 0 Å². The maximum Gasteiger partial charge on any atom is 0.253 e. The third-order valence-electron chi connectivity index (χ3n) is 4.12. The summed E-state index contributed by atoms with van der Waals surface area (Å²) in [5.41, 5.74) is 1.92. The van der Waals surface area contributed by atoms with Crippen molar-refractivity contribution in [2.45, 2.75) is 6.54 Å². The number of para-hydroxylation sites is 1. The molecule has 0 saturated carbocycles. The number of anilines is 1. The average Bonchev–Trinajstić information content (AvgIpc) is 3.17. The maximum absolute atomic E-state index is 14.1. The van der Waals surface area contributed by atoms with Gasteiger partial charge in [-0.3, -0.25) is 14.7 Å². The number of hydrogen-bond donors (Lipinski definition) is 0. The van der Waals surface area contributed by atoms with E-state index in [1.165, 1.54) is 28.4 Å². The number of carbonyl (C=O) groups is 1. The number of rotatable bonds is 5. The molecule has 0 fully saturated rings. The Bertz CT molecular complexity index is 1130. The number of pyridine rings is 1. The van der Waals surface area contributed by atoms with Gasteiger partial charge in [-0.25, -0.2) is 9.37 Å². The van der Waals surface area contributed by atoms with Crippen LogP contribution in [0.2, 0.25) is 0 Å². The van der Waals surface area contributed by atoms with Gasteiger partial charge in [-0.15, -0.1) is 0 Å². The molecule has 0 unspecified atom stereocenters. The van der Waals surface area contributed by atoms with Crippen LogP contribution in [0.15, 0.2) is 79.0 Å². The Morgan fingerprint density at radius 1 is 1.04 bits per heavy atom. The molecule has 138 valence electrons. The molecule has 0 aliphatic rings. The number of halogens is 1. The van der Waals surface area contributed by atoms with Crippen molar-refractivity contribution in [3.05, 3.63) is 96.1 Å². The maximum atomic E-state index is 14.1. The van der Waals surface area contributed by atoms with E-state index in [9.17, 15) is 9.18 Å². The Labute approximate surface area is 165 Å². The summed E-state index contributed by atoms with van der Waals surface area (Å²) in [7, 11) is 0. The highest BCUT2D eigenvalue weighted by Gasteiger charge is 2.20. The van der Waals surface area contributed by atoms with E-state index in [0.717, 1.165) is 11.3 Å². The zero-order chi connectivity index (χ0) is 19.3. The molecule has 0 radical (unpaired) electrons. The van der Waals surface area contributed by atoms with E-state index in [4.69, 9.17) is 0 Å². The molecule has 0 aliphatic carbocycles. The van der Waals surface area contributed by atoms with E-state index in [-0.39, 0.29) is 18.0 Å². The molecule has 0 atom stereocenters. The van der Waals surface area contributed by atoms with Gasteiger partial charge in [-0.1, -0.05) is 53.8 Å². The summed E-state index contributed by atoms with van der Waals surface area (Å²) < 4.78 is 14.8. The van der Waals surface area contributed by atoms with Crippen LogP contribution in [0.1, 0.15) is 11.3 Å². The molecular formula is C22H16FN3OS. The van der Waals surface area contributed by atoms with Crippen molar-refractivity contribution >= 4 is 38.7 Å². The van der Waals surface area contributed by atoms with Gasteiger partial charge in [0.25, 0.3) is 5.91 Å². The van der Waals surface area contributed by atoms with Gasteiger partial charge in [-0.05, 0) is 35.9 Å². The minimum Gasteiger partial charge on any atom is -0.278 e. The molecule has 2 aromatic heterocycles. The van der Waals surface area contributed by atoms with Crippen LogP contribution in [0.3, 0.4) is 0 Å². The molecule has 0 N–H and O–H groups in total. The highest BCUT2D eigenvalue weighted by molar-refractivity contribution is 7.22. The Morgan fingerprint density at radius 3 is 2.61 bits per heavy atom. The molecule has 0 spiro atoms. The van der Waals surface area contributed by atoms with Gasteiger partial charge < -0.3 is 0 Å². The van der Waals surface area contributed by atoms with Gasteiger partial charge in [-0.2, -0.15) is 0 Å². The van der Waals surface area contributed by atoms with Crippen LogP contribution >= 0.6 is 11.3 Å². The van der Waals surface area contributed by atoms with Crippen molar-refractivity contribution in [1.29, 1.82) is 0 Å². The largest absolute Gasteiger partial charge is 0.278 e. The number of benzene rings is 2. The number of fused-ring (bicyclic) bond motifs is 1. The number of carbonyl (C=O) groups excluding carboxylic acids is 1.